The Hall–Kier alpha value is -2.34. The average molecular weight is 447 g/mol. The lowest BCUT2D eigenvalue weighted by Gasteiger charge is -2.20. The Balaban J connectivity index is 1.86. The molecule has 0 aromatic heterocycles. The molecule has 0 fully saturated rings. The third-order valence-electron chi connectivity index (χ3n) is 4.31. The summed E-state index contributed by atoms with van der Waals surface area (Å²) < 4.78 is 6.46. The first-order valence-electron chi connectivity index (χ1n) is 9.21. The molecule has 6 heteroatoms. The second-order valence-corrected chi connectivity index (χ2v) is 8.46. The summed E-state index contributed by atoms with van der Waals surface area (Å²) >= 11 is 3.51. The maximum absolute atomic E-state index is 12.2. The van der Waals surface area contributed by atoms with Gasteiger partial charge in [0.2, 0.25) is 5.91 Å². The first-order chi connectivity index (χ1) is 13.2. The van der Waals surface area contributed by atoms with Crippen molar-refractivity contribution < 1.29 is 14.3 Å². The highest BCUT2D eigenvalue weighted by atomic mass is 79.9. The van der Waals surface area contributed by atoms with Crippen molar-refractivity contribution in [2.45, 2.75) is 39.0 Å². The van der Waals surface area contributed by atoms with Crippen molar-refractivity contribution in [2.24, 2.45) is 0 Å². The van der Waals surface area contributed by atoms with Crippen molar-refractivity contribution in [1.82, 2.24) is 5.32 Å². The number of aryl methyl sites for hydroxylation is 1. The number of amides is 2. The largest absolute Gasteiger partial charge is 0.483 e. The summed E-state index contributed by atoms with van der Waals surface area (Å²) in [7, 11) is 1.63. The number of benzene rings is 2. The van der Waals surface area contributed by atoms with E-state index < -0.39 is 0 Å². The highest BCUT2D eigenvalue weighted by Crippen LogP contribution is 2.31. The molecule has 2 aromatic rings. The zero-order valence-corrected chi connectivity index (χ0v) is 18.4. The monoisotopic (exact) mass is 446 g/mol. The number of rotatable bonds is 7. The molecule has 2 rings (SSSR count). The summed E-state index contributed by atoms with van der Waals surface area (Å²) in [5, 5.41) is 5.41. The van der Waals surface area contributed by atoms with Crippen molar-refractivity contribution in [2.75, 3.05) is 19.0 Å². The predicted octanol–water partition coefficient (Wildman–Crippen LogP) is 4.44. The van der Waals surface area contributed by atoms with Gasteiger partial charge in [0, 0.05) is 19.2 Å². The zero-order chi connectivity index (χ0) is 20.7. The third-order valence-corrected chi connectivity index (χ3v) is 4.93. The number of halogens is 1. The van der Waals surface area contributed by atoms with Gasteiger partial charge in [-0.25, -0.2) is 0 Å². The molecule has 0 aliphatic heterocycles. The Morgan fingerprint density at radius 2 is 1.71 bits per heavy atom. The van der Waals surface area contributed by atoms with E-state index in [4.69, 9.17) is 4.74 Å². The van der Waals surface area contributed by atoms with E-state index in [0.29, 0.717) is 24.3 Å². The molecule has 0 saturated heterocycles. The molecule has 0 bridgehead atoms. The van der Waals surface area contributed by atoms with E-state index in [-0.39, 0.29) is 23.8 Å². The van der Waals surface area contributed by atoms with Gasteiger partial charge in [0.05, 0.1) is 4.47 Å². The van der Waals surface area contributed by atoms with Crippen LogP contribution in [0, 0.1) is 0 Å². The number of anilines is 1. The Morgan fingerprint density at radius 3 is 2.29 bits per heavy atom. The fraction of sp³-hybridized carbons (Fsp3) is 0.364. The average Bonchev–Trinajstić information content (AvgIpc) is 2.65. The number of carbonyl (C=O) groups excluding carboxylic acids is 2. The molecule has 0 heterocycles. The van der Waals surface area contributed by atoms with Gasteiger partial charge in [-0.2, -0.15) is 0 Å². The maximum atomic E-state index is 12.2. The fourth-order valence-corrected chi connectivity index (χ4v) is 3.06. The summed E-state index contributed by atoms with van der Waals surface area (Å²) in [6.07, 6.45) is 1.11. The molecule has 2 N–H and O–H groups in total. The van der Waals surface area contributed by atoms with Crippen LogP contribution < -0.4 is 15.4 Å². The van der Waals surface area contributed by atoms with Gasteiger partial charge >= 0.3 is 0 Å². The van der Waals surface area contributed by atoms with Crippen molar-refractivity contribution in [1.29, 1.82) is 0 Å². The first-order valence-corrected chi connectivity index (χ1v) is 10.0. The lowest BCUT2D eigenvalue weighted by atomic mass is 9.87. The lowest BCUT2D eigenvalue weighted by Crippen LogP contribution is -2.20. The van der Waals surface area contributed by atoms with Crippen molar-refractivity contribution >= 4 is 33.4 Å². The molecular formula is C22H27BrN2O3. The smallest absolute Gasteiger partial charge is 0.262 e. The molecule has 150 valence electrons. The fourth-order valence-electron chi connectivity index (χ4n) is 2.56. The van der Waals surface area contributed by atoms with Gasteiger partial charge in [0.25, 0.3) is 5.91 Å². The van der Waals surface area contributed by atoms with Crippen LogP contribution in [0.1, 0.15) is 38.3 Å². The van der Waals surface area contributed by atoms with E-state index in [9.17, 15) is 9.59 Å². The minimum Gasteiger partial charge on any atom is -0.483 e. The minimum absolute atomic E-state index is 0.0104. The van der Waals surface area contributed by atoms with Crippen molar-refractivity contribution in [3.8, 4) is 5.75 Å². The summed E-state index contributed by atoms with van der Waals surface area (Å²) in [5.74, 6) is 0.411. The number of hydrogen-bond acceptors (Lipinski definition) is 3. The van der Waals surface area contributed by atoms with Crippen LogP contribution in [0.2, 0.25) is 0 Å². The van der Waals surface area contributed by atoms with Crippen LogP contribution in [0.25, 0.3) is 0 Å². The molecule has 2 amide bonds. The molecular weight excluding hydrogens is 420 g/mol. The molecule has 0 saturated carbocycles. The summed E-state index contributed by atoms with van der Waals surface area (Å²) in [4.78, 5) is 23.5. The lowest BCUT2D eigenvalue weighted by molar-refractivity contribution is -0.120. The van der Waals surface area contributed by atoms with Crippen LogP contribution in [0.3, 0.4) is 0 Å². The predicted molar refractivity (Wildman–Crippen MR) is 116 cm³/mol. The van der Waals surface area contributed by atoms with E-state index in [1.807, 2.05) is 42.5 Å². The Bertz CT molecular complexity index is 827. The van der Waals surface area contributed by atoms with Gasteiger partial charge in [0.1, 0.15) is 5.75 Å². The van der Waals surface area contributed by atoms with E-state index in [1.54, 1.807) is 7.05 Å². The van der Waals surface area contributed by atoms with Gasteiger partial charge < -0.3 is 15.4 Å². The third kappa shape index (κ3) is 6.68. The van der Waals surface area contributed by atoms with Gasteiger partial charge in [-0.3, -0.25) is 9.59 Å². The Labute approximate surface area is 175 Å². The van der Waals surface area contributed by atoms with Crippen LogP contribution in [0.5, 0.6) is 5.75 Å². The second kappa shape index (κ2) is 9.73. The molecule has 28 heavy (non-hydrogen) atoms. The SMILES string of the molecule is CNC(=O)CCc1ccc(NC(=O)COc2ccc(C(C)(C)C)cc2Br)cc1. The number of ether oxygens (including phenoxy) is 1. The number of carbonyl (C=O) groups is 2. The Morgan fingerprint density at radius 1 is 1.04 bits per heavy atom. The maximum Gasteiger partial charge on any atom is 0.262 e. The highest BCUT2D eigenvalue weighted by molar-refractivity contribution is 9.10. The zero-order valence-electron chi connectivity index (χ0n) is 16.8. The van der Waals surface area contributed by atoms with Crippen LogP contribution in [0.15, 0.2) is 46.9 Å². The van der Waals surface area contributed by atoms with Gasteiger partial charge in [0.15, 0.2) is 6.61 Å². The normalized spacial score (nSPS) is 11.0. The molecule has 2 aromatic carbocycles. The summed E-state index contributed by atoms with van der Waals surface area (Å²) in [6.45, 7) is 6.36. The number of hydrogen-bond donors (Lipinski definition) is 2. The molecule has 0 aliphatic rings. The van der Waals surface area contributed by atoms with Gasteiger partial charge in [-0.15, -0.1) is 0 Å². The van der Waals surface area contributed by atoms with E-state index in [1.165, 1.54) is 5.56 Å². The van der Waals surface area contributed by atoms with E-state index >= 15 is 0 Å². The quantitative estimate of drug-likeness (QED) is 0.660. The van der Waals surface area contributed by atoms with Crippen LogP contribution in [-0.4, -0.2) is 25.5 Å². The van der Waals surface area contributed by atoms with Gasteiger partial charge in [-0.05, 0) is 63.2 Å². The van der Waals surface area contributed by atoms with Crippen LogP contribution >= 0.6 is 15.9 Å². The molecule has 0 spiro atoms. The summed E-state index contributed by atoms with van der Waals surface area (Å²) in [6, 6.07) is 13.4. The van der Waals surface area contributed by atoms with Crippen molar-refractivity contribution in [3.05, 3.63) is 58.1 Å². The highest BCUT2D eigenvalue weighted by Gasteiger charge is 2.15. The minimum atomic E-state index is -0.232. The molecule has 0 unspecified atom stereocenters. The summed E-state index contributed by atoms with van der Waals surface area (Å²) in [5.41, 5.74) is 2.97. The molecule has 0 radical (unpaired) electrons. The molecule has 5 nitrogen and oxygen atoms in total. The molecule has 0 atom stereocenters. The van der Waals surface area contributed by atoms with Gasteiger partial charge in [-0.1, -0.05) is 39.0 Å². The Kier molecular flexibility index (Phi) is 7.63. The topological polar surface area (TPSA) is 67.4 Å². The molecule has 0 aliphatic carbocycles. The van der Waals surface area contributed by atoms with E-state index in [2.05, 4.69) is 47.3 Å². The van der Waals surface area contributed by atoms with Crippen molar-refractivity contribution in [3.63, 3.8) is 0 Å². The number of nitrogens with one attached hydrogen (secondary N) is 2. The van der Waals surface area contributed by atoms with Crippen LogP contribution in [-0.2, 0) is 21.4 Å². The standard InChI is InChI=1S/C22H27BrN2O3/c1-22(2,3)16-8-11-19(18(23)13-16)28-14-21(27)25-17-9-5-15(6-10-17)7-12-20(26)24-4/h5-6,8-11,13H,7,12,14H2,1-4H3,(H,24,26)(H,25,27). The van der Waals surface area contributed by atoms with Crippen LogP contribution in [0.4, 0.5) is 5.69 Å². The second-order valence-electron chi connectivity index (χ2n) is 7.60. The van der Waals surface area contributed by atoms with E-state index in [0.717, 1.165) is 10.0 Å². The first kappa shape index (κ1) is 22.0.